The predicted octanol–water partition coefficient (Wildman–Crippen LogP) is 2.75. The Hall–Kier alpha value is -0.510. The second-order valence-electron chi connectivity index (χ2n) is 5.31. The summed E-state index contributed by atoms with van der Waals surface area (Å²) in [5.74, 6) is 0.890. The maximum absolute atomic E-state index is 6.04. The van der Waals surface area contributed by atoms with E-state index in [-0.39, 0.29) is 24.0 Å². The lowest BCUT2D eigenvalue weighted by Gasteiger charge is -2.22. The van der Waals surface area contributed by atoms with E-state index in [0.29, 0.717) is 19.8 Å². The number of hydrogen-bond acceptors (Lipinski definition) is 3. The van der Waals surface area contributed by atoms with Gasteiger partial charge >= 0.3 is 0 Å². The zero-order valence-corrected chi connectivity index (χ0v) is 18.1. The molecule has 0 aromatic carbocycles. The lowest BCUT2D eigenvalue weighted by Crippen LogP contribution is -2.39. The summed E-state index contributed by atoms with van der Waals surface area (Å²) >= 11 is 6.04. The maximum atomic E-state index is 6.04. The molecule has 1 N–H and O–H groups in total. The van der Waals surface area contributed by atoms with Gasteiger partial charge in [-0.15, -0.1) is 24.0 Å². The van der Waals surface area contributed by atoms with Gasteiger partial charge in [0.05, 0.1) is 24.8 Å². The molecule has 0 amide bonds. The fourth-order valence-corrected chi connectivity index (χ4v) is 2.38. The van der Waals surface area contributed by atoms with Gasteiger partial charge in [0.25, 0.3) is 0 Å². The molecule has 1 heterocycles. The highest BCUT2D eigenvalue weighted by atomic mass is 127. The molecule has 1 aromatic rings. The van der Waals surface area contributed by atoms with E-state index in [2.05, 4.69) is 22.1 Å². The van der Waals surface area contributed by atoms with Crippen molar-refractivity contribution in [1.29, 1.82) is 0 Å². The molecule has 1 rings (SSSR count). The lowest BCUT2D eigenvalue weighted by atomic mass is 10.4. The third-order valence-electron chi connectivity index (χ3n) is 3.31. The Kier molecular flexibility index (Phi) is 13.5. The number of methoxy groups -OCH3 is 1. The number of guanidine groups is 1. The summed E-state index contributed by atoms with van der Waals surface area (Å²) in [6.45, 7) is 6.34. The SMILES string of the molecule is CCNC(=NCCCOCCOC)N(C)Cc1cc(Cl)cn1C.I. The van der Waals surface area contributed by atoms with Crippen LogP contribution >= 0.6 is 35.6 Å². The monoisotopic (exact) mass is 472 g/mol. The van der Waals surface area contributed by atoms with Crippen LogP contribution < -0.4 is 5.32 Å². The summed E-state index contributed by atoms with van der Waals surface area (Å²) in [7, 11) is 5.69. The van der Waals surface area contributed by atoms with Crippen molar-refractivity contribution in [2.24, 2.45) is 12.0 Å². The maximum Gasteiger partial charge on any atom is 0.194 e. The summed E-state index contributed by atoms with van der Waals surface area (Å²) in [5.41, 5.74) is 1.14. The van der Waals surface area contributed by atoms with E-state index in [9.17, 15) is 0 Å². The third-order valence-corrected chi connectivity index (χ3v) is 3.52. The van der Waals surface area contributed by atoms with Crippen molar-refractivity contribution in [3.05, 3.63) is 23.0 Å². The van der Waals surface area contributed by atoms with Crippen LogP contribution in [0.15, 0.2) is 17.3 Å². The molecule has 0 saturated carbocycles. The largest absolute Gasteiger partial charge is 0.382 e. The van der Waals surface area contributed by atoms with Crippen LogP contribution in [-0.4, -0.2) is 62.5 Å². The highest BCUT2D eigenvalue weighted by Crippen LogP contribution is 2.14. The van der Waals surface area contributed by atoms with Gasteiger partial charge in [-0.1, -0.05) is 11.6 Å². The summed E-state index contributed by atoms with van der Waals surface area (Å²) < 4.78 is 12.4. The number of aliphatic imine (C=N–C) groups is 1. The number of rotatable bonds is 10. The van der Waals surface area contributed by atoms with Crippen LogP contribution in [0.3, 0.4) is 0 Å². The lowest BCUT2D eigenvalue weighted by molar-refractivity contribution is 0.0702. The fraction of sp³-hybridized carbons (Fsp3) is 0.688. The van der Waals surface area contributed by atoms with E-state index < -0.39 is 0 Å². The first kappa shape index (κ1) is 23.5. The van der Waals surface area contributed by atoms with Gasteiger partial charge in [-0.3, -0.25) is 4.99 Å². The highest BCUT2D eigenvalue weighted by molar-refractivity contribution is 14.0. The Labute approximate surface area is 167 Å². The molecule has 8 heteroatoms. The molecule has 0 radical (unpaired) electrons. The average Bonchev–Trinajstić information content (AvgIpc) is 2.82. The van der Waals surface area contributed by atoms with Crippen molar-refractivity contribution in [3.8, 4) is 0 Å². The van der Waals surface area contributed by atoms with Crippen LogP contribution in [0.5, 0.6) is 0 Å². The minimum Gasteiger partial charge on any atom is -0.382 e. The molecule has 0 aliphatic rings. The van der Waals surface area contributed by atoms with Crippen molar-refractivity contribution in [2.45, 2.75) is 19.9 Å². The smallest absolute Gasteiger partial charge is 0.194 e. The number of hydrogen-bond donors (Lipinski definition) is 1. The molecule has 24 heavy (non-hydrogen) atoms. The van der Waals surface area contributed by atoms with E-state index in [1.54, 1.807) is 7.11 Å². The molecule has 0 saturated heterocycles. The molecule has 0 unspecified atom stereocenters. The summed E-state index contributed by atoms with van der Waals surface area (Å²) in [5, 5.41) is 4.07. The average molecular weight is 473 g/mol. The number of aryl methyl sites for hydroxylation is 1. The van der Waals surface area contributed by atoms with Gasteiger partial charge in [-0.2, -0.15) is 0 Å². The van der Waals surface area contributed by atoms with E-state index >= 15 is 0 Å². The predicted molar refractivity (Wildman–Crippen MR) is 111 cm³/mol. The quantitative estimate of drug-likeness (QED) is 0.246. The second kappa shape index (κ2) is 13.7. The molecular weight excluding hydrogens is 443 g/mol. The number of aromatic nitrogens is 1. The zero-order chi connectivity index (χ0) is 17.1. The first-order chi connectivity index (χ1) is 11.1. The molecule has 1 aromatic heterocycles. The normalized spacial score (nSPS) is 11.3. The molecule has 0 fully saturated rings. The van der Waals surface area contributed by atoms with E-state index in [0.717, 1.165) is 42.7 Å². The van der Waals surface area contributed by atoms with E-state index in [4.69, 9.17) is 21.1 Å². The molecule has 0 spiro atoms. The Balaban J connectivity index is 0.00000529. The molecular formula is C16H30ClIN4O2. The minimum atomic E-state index is 0. The third kappa shape index (κ3) is 9.10. The van der Waals surface area contributed by atoms with Crippen molar-refractivity contribution in [1.82, 2.24) is 14.8 Å². The molecule has 0 aliphatic carbocycles. The van der Waals surface area contributed by atoms with E-state index in [1.165, 1.54) is 0 Å². The Morgan fingerprint density at radius 2 is 2.12 bits per heavy atom. The number of ether oxygens (including phenoxy) is 2. The van der Waals surface area contributed by atoms with Gasteiger partial charge in [0.1, 0.15) is 0 Å². The Morgan fingerprint density at radius 3 is 2.71 bits per heavy atom. The van der Waals surface area contributed by atoms with Gasteiger partial charge in [0.2, 0.25) is 0 Å². The van der Waals surface area contributed by atoms with Gasteiger partial charge in [0, 0.05) is 52.8 Å². The summed E-state index contributed by atoms with van der Waals surface area (Å²) in [6, 6.07) is 1.98. The van der Waals surface area contributed by atoms with Crippen molar-refractivity contribution in [3.63, 3.8) is 0 Å². The van der Waals surface area contributed by atoms with Crippen LogP contribution in [0.25, 0.3) is 0 Å². The molecule has 0 bridgehead atoms. The van der Waals surface area contributed by atoms with Crippen LogP contribution in [-0.2, 0) is 23.1 Å². The second-order valence-corrected chi connectivity index (χ2v) is 5.75. The number of nitrogens with one attached hydrogen (secondary N) is 1. The van der Waals surface area contributed by atoms with Crippen LogP contribution in [0.4, 0.5) is 0 Å². The van der Waals surface area contributed by atoms with Crippen molar-refractivity contribution >= 4 is 41.5 Å². The zero-order valence-electron chi connectivity index (χ0n) is 15.0. The molecule has 0 aliphatic heterocycles. The van der Waals surface area contributed by atoms with Crippen LogP contribution in [0, 0.1) is 0 Å². The van der Waals surface area contributed by atoms with Crippen LogP contribution in [0.2, 0.25) is 5.02 Å². The van der Waals surface area contributed by atoms with E-state index in [1.807, 2.05) is 30.9 Å². The standard InChI is InChI=1S/C16H29ClN4O2.HI/c1-5-18-16(19-7-6-8-23-10-9-22-4)21(3)13-15-11-14(17)12-20(15)2;/h11-12H,5-10,13H2,1-4H3,(H,18,19);1H. The van der Waals surface area contributed by atoms with Crippen LogP contribution in [0.1, 0.15) is 19.0 Å². The van der Waals surface area contributed by atoms with Gasteiger partial charge in [-0.25, -0.2) is 0 Å². The highest BCUT2D eigenvalue weighted by Gasteiger charge is 2.09. The molecule has 0 atom stereocenters. The minimum absolute atomic E-state index is 0. The Bertz CT molecular complexity index is 483. The number of halogens is 2. The fourth-order valence-electron chi connectivity index (χ4n) is 2.11. The van der Waals surface area contributed by atoms with Gasteiger partial charge in [-0.05, 0) is 19.4 Å². The first-order valence-corrected chi connectivity index (χ1v) is 8.33. The summed E-state index contributed by atoms with van der Waals surface area (Å²) in [6.07, 6.45) is 2.80. The first-order valence-electron chi connectivity index (χ1n) is 7.95. The Morgan fingerprint density at radius 1 is 1.38 bits per heavy atom. The van der Waals surface area contributed by atoms with Crippen molar-refractivity contribution in [2.75, 3.05) is 47.1 Å². The van der Waals surface area contributed by atoms with Gasteiger partial charge in [0.15, 0.2) is 5.96 Å². The molecule has 140 valence electrons. The number of nitrogens with zero attached hydrogens (tertiary/aromatic N) is 3. The van der Waals surface area contributed by atoms with Crippen molar-refractivity contribution < 1.29 is 9.47 Å². The summed E-state index contributed by atoms with van der Waals surface area (Å²) in [4.78, 5) is 6.74. The topological polar surface area (TPSA) is 51.0 Å². The van der Waals surface area contributed by atoms with Gasteiger partial charge < -0.3 is 24.3 Å². The molecule has 6 nitrogen and oxygen atoms in total.